The lowest BCUT2D eigenvalue weighted by atomic mass is 10.0. The molecule has 0 bridgehead atoms. The van der Waals surface area contributed by atoms with Gasteiger partial charge in [0.2, 0.25) is 0 Å². The number of aromatic hydroxyl groups is 1. The van der Waals surface area contributed by atoms with Crippen molar-refractivity contribution in [1.82, 2.24) is 5.32 Å². The highest BCUT2D eigenvalue weighted by Crippen LogP contribution is 2.27. The minimum atomic E-state index is -0.619. The van der Waals surface area contributed by atoms with Gasteiger partial charge in [-0.1, -0.05) is 6.92 Å². The topological polar surface area (TPSA) is 115 Å². The standard InChI is InChI=1S/C20H25NO7/c1-5-12-8-14-13(9-18(24)27-16(14)10-15(12)22)11-26-17(23)6-7-21-19(25)28-20(2,3)4/h8-10,22H,5-7,11H2,1-4H3,(H,21,25). The van der Waals surface area contributed by atoms with Gasteiger partial charge in [-0.15, -0.1) is 0 Å². The van der Waals surface area contributed by atoms with E-state index in [2.05, 4.69) is 5.32 Å². The molecule has 0 saturated heterocycles. The lowest BCUT2D eigenvalue weighted by Crippen LogP contribution is -2.33. The number of rotatable bonds is 6. The molecule has 8 nitrogen and oxygen atoms in total. The number of hydrogen-bond donors (Lipinski definition) is 2. The van der Waals surface area contributed by atoms with E-state index < -0.39 is 23.3 Å². The summed E-state index contributed by atoms with van der Waals surface area (Å²) in [5, 5.41) is 13.0. The number of nitrogens with one attached hydrogen (secondary N) is 1. The highest BCUT2D eigenvalue weighted by atomic mass is 16.6. The zero-order valence-corrected chi connectivity index (χ0v) is 16.5. The van der Waals surface area contributed by atoms with Gasteiger partial charge in [0.25, 0.3) is 0 Å². The monoisotopic (exact) mass is 391 g/mol. The Hall–Kier alpha value is -3.03. The van der Waals surface area contributed by atoms with Crippen LogP contribution in [0.25, 0.3) is 11.0 Å². The predicted octanol–water partition coefficient (Wildman–Crippen LogP) is 3.02. The summed E-state index contributed by atoms with van der Waals surface area (Å²) in [6, 6.07) is 4.34. The van der Waals surface area contributed by atoms with Crippen LogP contribution in [0.2, 0.25) is 0 Å². The molecule has 1 heterocycles. The Morgan fingerprint density at radius 2 is 1.89 bits per heavy atom. The van der Waals surface area contributed by atoms with Crippen LogP contribution >= 0.6 is 0 Å². The first-order chi connectivity index (χ1) is 13.1. The van der Waals surface area contributed by atoms with Gasteiger partial charge in [0.15, 0.2) is 0 Å². The van der Waals surface area contributed by atoms with Gasteiger partial charge in [0, 0.05) is 29.6 Å². The van der Waals surface area contributed by atoms with E-state index in [1.807, 2.05) is 6.92 Å². The SMILES string of the molecule is CCc1cc2c(COC(=O)CCNC(=O)OC(C)(C)C)cc(=O)oc2cc1O. The van der Waals surface area contributed by atoms with Gasteiger partial charge in [0.1, 0.15) is 23.5 Å². The van der Waals surface area contributed by atoms with Gasteiger partial charge in [-0.2, -0.15) is 0 Å². The lowest BCUT2D eigenvalue weighted by molar-refractivity contribution is -0.144. The molecular weight excluding hydrogens is 366 g/mol. The Bertz CT molecular complexity index is 925. The van der Waals surface area contributed by atoms with E-state index >= 15 is 0 Å². The van der Waals surface area contributed by atoms with E-state index in [0.29, 0.717) is 22.9 Å². The molecule has 0 unspecified atom stereocenters. The number of amides is 1. The molecule has 2 aromatic rings. The number of hydrogen-bond acceptors (Lipinski definition) is 7. The molecule has 0 aliphatic heterocycles. The van der Waals surface area contributed by atoms with Crippen molar-refractivity contribution >= 4 is 23.0 Å². The summed E-state index contributed by atoms with van der Waals surface area (Å²) in [5.41, 5.74) is 0.171. The summed E-state index contributed by atoms with van der Waals surface area (Å²) in [7, 11) is 0. The summed E-state index contributed by atoms with van der Waals surface area (Å²) < 4.78 is 15.4. The first kappa shape index (κ1) is 21.3. The second-order valence-electron chi connectivity index (χ2n) is 7.26. The molecule has 28 heavy (non-hydrogen) atoms. The lowest BCUT2D eigenvalue weighted by Gasteiger charge is -2.19. The number of phenolic OH excluding ortho intramolecular Hbond substituents is 1. The molecule has 0 atom stereocenters. The third-order valence-electron chi connectivity index (χ3n) is 3.80. The van der Waals surface area contributed by atoms with E-state index in [1.165, 1.54) is 12.1 Å². The van der Waals surface area contributed by atoms with E-state index in [0.717, 1.165) is 0 Å². The molecule has 0 aliphatic rings. The molecule has 0 saturated carbocycles. The number of carbonyl (C=O) groups excluding carboxylic acids is 2. The normalized spacial score (nSPS) is 11.3. The number of esters is 1. The number of ether oxygens (including phenoxy) is 2. The average Bonchev–Trinajstić information content (AvgIpc) is 2.57. The van der Waals surface area contributed by atoms with Crippen LogP contribution in [-0.4, -0.2) is 29.3 Å². The predicted molar refractivity (Wildman–Crippen MR) is 102 cm³/mol. The molecule has 8 heteroatoms. The Balaban J connectivity index is 1.98. The third kappa shape index (κ3) is 6.00. The van der Waals surface area contributed by atoms with Crippen molar-refractivity contribution in [3.63, 3.8) is 0 Å². The molecule has 1 aromatic carbocycles. The number of benzene rings is 1. The molecular formula is C20H25NO7. The van der Waals surface area contributed by atoms with E-state index in [1.54, 1.807) is 26.8 Å². The van der Waals surface area contributed by atoms with E-state index in [4.69, 9.17) is 13.9 Å². The van der Waals surface area contributed by atoms with Crippen molar-refractivity contribution in [2.75, 3.05) is 6.54 Å². The second kappa shape index (κ2) is 8.77. The van der Waals surface area contributed by atoms with E-state index in [-0.39, 0.29) is 30.9 Å². The van der Waals surface area contributed by atoms with Gasteiger partial charge in [-0.05, 0) is 38.8 Å². The van der Waals surface area contributed by atoms with Gasteiger partial charge < -0.3 is 24.3 Å². The summed E-state index contributed by atoms with van der Waals surface area (Å²) in [6.45, 7) is 7.06. The zero-order chi connectivity index (χ0) is 20.9. The van der Waals surface area contributed by atoms with Crippen molar-refractivity contribution in [3.8, 4) is 5.75 Å². The first-order valence-corrected chi connectivity index (χ1v) is 9.00. The quantitative estimate of drug-likeness (QED) is 0.574. The van der Waals surface area contributed by atoms with Crippen LogP contribution in [0.1, 0.15) is 45.2 Å². The minimum Gasteiger partial charge on any atom is -0.508 e. The molecule has 0 spiro atoms. The minimum absolute atomic E-state index is 0.0420. The van der Waals surface area contributed by atoms with Crippen LogP contribution in [0.3, 0.4) is 0 Å². The fraction of sp³-hybridized carbons (Fsp3) is 0.450. The summed E-state index contributed by atoms with van der Waals surface area (Å²) in [5.74, 6) is -0.493. The second-order valence-corrected chi connectivity index (χ2v) is 7.26. The number of aryl methyl sites for hydroxylation is 1. The Labute approximate surface area is 162 Å². The van der Waals surface area contributed by atoms with Crippen LogP contribution in [0.4, 0.5) is 4.79 Å². The van der Waals surface area contributed by atoms with Crippen LogP contribution in [0.15, 0.2) is 27.4 Å². The average molecular weight is 391 g/mol. The molecule has 1 aromatic heterocycles. The smallest absolute Gasteiger partial charge is 0.407 e. The zero-order valence-electron chi connectivity index (χ0n) is 16.5. The largest absolute Gasteiger partial charge is 0.508 e. The maximum absolute atomic E-state index is 11.9. The van der Waals surface area contributed by atoms with Crippen molar-refractivity contribution in [2.45, 2.75) is 52.7 Å². The summed E-state index contributed by atoms with van der Waals surface area (Å²) >= 11 is 0. The fourth-order valence-electron chi connectivity index (χ4n) is 2.52. The van der Waals surface area contributed by atoms with E-state index in [9.17, 15) is 19.5 Å². The van der Waals surface area contributed by atoms with Gasteiger partial charge in [-0.3, -0.25) is 4.79 Å². The molecule has 0 fully saturated rings. The van der Waals surface area contributed by atoms with Gasteiger partial charge in [-0.25, -0.2) is 9.59 Å². The summed E-state index contributed by atoms with van der Waals surface area (Å²) in [4.78, 5) is 35.2. The first-order valence-electron chi connectivity index (χ1n) is 9.00. The third-order valence-corrected chi connectivity index (χ3v) is 3.80. The van der Waals surface area contributed by atoms with Crippen molar-refractivity contribution < 1.29 is 28.6 Å². The molecule has 0 radical (unpaired) electrons. The van der Waals surface area contributed by atoms with Crippen LogP contribution in [-0.2, 0) is 27.3 Å². The number of fused-ring (bicyclic) bond motifs is 1. The Kier molecular flexibility index (Phi) is 6.66. The summed E-state index contributed by atoms with van der Waals surface area (Å²) in [6.07, 6.45) is -0.0605. The Morgan fingerprint density at radius 3 is 2.54 bits per heavy atom. The van der Waals surface area contributed by atoms with Gasteiger partial charge >= 0.3 is 17.7 Å². The maximum Gasteiger partial charge on any atom is 0.407 e. The number of carbonyl (C=O) groups is 2. The van der Waals surface area contributed by atoms with Crippen LogP contribution in [0.5, 0.6) is 5.75 Å². The molecule has 0 aliphatic carbocycles. The number of phenols is 1. The highest BCUT2D eigenvalue weighted by molar-refractivity contribution is 5.83. The van der Waals surface area contributed by atoms with Crippen LogP contribution < -0.4 is 10.9 Å². The van der Waals surface area contributed by atoms with Crippen molar-refractivity contribution in [3.05, 3.63) is 39.7 Å². The number of alkyl carbamates (subject to hydrolysis) is 1. The maximum atomic E-state index is 11.9. The fourth-order valence-corrected chi connectivity index (χ4v) is 2.52. The molecule has 2 N–H and O–H groups in total. The highest BCUT2D eigenvalue weighted by Gasteiger charge is 2.16. The van der Waals surface area contributed by atoms with Crippen molar-refractivity contribution in [2.24, 2.45) is 0 Å². The Morgan fingerprint density at radius 1 is 1.18 bits per heavy atom. The molecule has 152 valence electrons. The van der Waals surface area contributed by atoms with Gasteiger partial charge in [0.05, 0.1) is 6.42 Å². The molecule has 2 rings (SSSR count). The van der Waals surface area contributed by atoms with Crippen molar-refractivity contribution in [1.29, 1.82) is 0 Å². The van der Waals surface area contributed by atoms with Crippen LogP contribution in [0, 0.1) is 0 Å². The molecule has 1 amide bonds.